The quantitative estimate of drug-likeness (QED) is 0.480. The zero-order valence-electron chi connectivity index (χ0n) is 15.7. The molecule has 2 N–H and O–H groups in total. The third kappa shape index (κ3) is 7.17. The summed E-state index contributed by atoms with van der Waals surface area (Å²) in [6, 6.07) is 4.76. The van der Waals surface area contributed by atoms with Crippen LogP contribution in [0.15, 0.2) is 23.2 Å². The summed E-state index contributed by atoms with van der Waals surface area (Å²) in [5, 5.41) is 6.21. The number of guanidine groups is 1. The fraction of sp³-hybridized carbons (Fsp3) is 0.588. The van der Waals surface area contributed by atoms with Crippen molar-refractivity contribution in [2.24, 2.45) is 4.99 Å². The largest absolute Gasteiger partial charge is 0.355 e. The Hall–Kier alpha value is -0.970. The highest BCUT2D eigenvalue weighted by atomic mass is 32.2. The molecular weight excluding hydrogens is 407 g/mol. The van der Waals surface area contributed by atoms with Gasteiger partial charge in [0.05, 0.1) is 5.75 Å². The van der Waals surface area contributed by atoms with Gasteiger partial charge in [0.1, 0.15) is 5.82 Å². The van der Waals surface area contributed by atoms with E-state index < -0.39 is 10.0 Å². The lowest BCUT2D eigenvalue weighted by molar-refractivity contribution is 0.443. The topological polar surface area (TPSA) is 73.8 Å². The summed E-state index contributed by atoms with van der Waals surface area (Å²) in [5.41, 5.74) is 1.93. The minimum absolute atomic E-state index is 0.0344. The second-order valence-corrected chi connectivity index (χ2v) is 10.2. The fourth-order valence-corrected chi connectivity index (χ4v) is 5.78. The van der Waals surface area contributed by atoms with Crippen LogP contribution in [0.4, 0.5) is 4.39 Å². The predicted octanol–water partition coefficient (Wildman–Crippen LogP) is 1.73. The molecule has 1 aromatic carbocycles. The van der Waals surface area contributed by atoms with E-state index in [2.05, 4.69) is 15.6 Å². The number of halogens is 1. The zero-order chi connectivity index (χ0) is 19.7. The van der Waals surface area contributed by atoms with Crippen molar-refractivity contribution in [3.05, 3.63) is 35.1 Å². The average molecular weight is 435 g/mol. The van der Waals surface area contributed by atoms with Crippen molar-refractivity contribution in [3.63, 3.8) is 0 Å². The van der Waals surface area contributed by atoms with E-state index in [0.717, 1.165) is 28.4 Å². The second kappa shape index (κ2) is 11.1. The van der Waals surface area contributed by atoms with Crippen LogP contribution in [0.25, 0.3) is 0 Å². The molecule has 1 aliphatic rings. The van der Waals surface area contributed by atoms with E-state index in [9.17, 15) is 12.8 Å². The Morgan fingerprint density at radius 3 is 2.70 bits per heavy atom. The molecule has 1 saturated heterocycles. The van der Waals surface area contributed by atoms with Crippen LogP contribution in [-0.2, 0) is 22.3 Å². The van der Waals surface area contributed by atoms with Gasteiger partial charge >= 0.3 is 0 Å². The van der Waals surface area contributed by atoms with Gasteiger partial charge in [-0.2, -0.15) is 23.5 Å². The maximum Gasteiger partial charge on any atom is 0.215 e. The summed E-state index contributed by atoms with van der Waals surface area (Å²) < 4.78 is 39.7. The van der Waals surface area contributed by atoms with Crippen molar-refractivity contribution in [1.29, 1.82) is 0 Å². The van der Waals surface area contributed by atoms with Gasteiger partial charge in [0.25, 0.3) is 0 Å². The molecule has 0 aromatic heterocycles. The number of hydrogen-bond acceptors (Lipinski definition) is 5. The summed E-state index contributed by atoms with van der Waals surface area (Å²) in [4.78, 5) is 4.13. The smallest absolute Gasteiger partial charge is 0.215 e. The molecule has 0 radical (unpaired) electrons. The Balaban J connectivity index is 1.84. The number of nitrogens with zero attached hydrogens (tertiary/aromatic N) is 2. The normalized spacial score (nSPS) is 16.3. The van der Waals surface area contributed by atoms with Gasteiger partial charge in [0.2, 0.25) is 10.0 Å². The van der Waals surface area contributed by atoms with Crippen LogP contribution in [0, 0.1) is 5.82 Å². The van der Waals surface area contributed by atoms with E-state index in [1.807, 2.05) is 6.26 Å². The molecule has 0 amide bonds. The van der Waals surface area contributed by atoms with E-state index in [0.29, 0.717) is 25.6 Å². The monoisotopic (exact) mass is 434 g/mol. The second-order valence-electron chi connectivity index (χ2n) is 6.03. The summed E-state index contributed by atoms with van der Waals surface area (Å²) >= 11 is 3.42. The molecule has 10 heteroatoms. The fourth-order valence-electron chi connectivity index (χ4n) is 2.71. The highest BCUT2D eigenvalue weighted by Gasteiger charge is 2.23. The molecule has 0 spiro atoms. The van der Waals surface area contributed by atoms with Crippen molar-refractivity contribution in [2.45, 2.75) is 12.3 Å². The molecule has 1 heterocycles. The molecule has 1 aromatic rings. The molecule has 1 fully saturated rings. The van der Waals surface area contributed by atoms with Gasteiger partial charge in [0.15, 0.2) is 5.96 Å². The van der Waals surface area contributed by atoms with E-state index in [-0.39, 0.29) is 18.1 Å². The lowest BCUT2D eigenvalue weighted by atomic mass is 10.1. The lowest BCUT2D eigenvalue weighted by Crippen LogP contribution is -2.44. The van der Waals surface area contributed by atoms with Crippen LogP contribution >= 0.6 is 23.5 Å². The van der Waals surface area contributed by atoms with Gasteiger partial charge in [-0.25, -0.2) is 17.1 Å². The summed E-state index contributed by atoms with van der Waals surface area (Å²) in [7, 11) is -1.60. The number of benzene rings is 1. The number of rotatable bonds is 8. The zero-order valence-corrected chi connectivity index (χ0v) is 18.2. The van der Waals surface area contributed by atoms with Gasteiger partial charge < -0.3 is 10.6 Å². The molecule has 152 valence electrons. The Kier molecular flexibility index (Phi) is 9.20. The van der Waals surface area contributed by atoms with Crippen molar-refractivity contribution in [3.8, 4) is 0 Å². The van der Waals surface area contributed by atoms with Crippen LogP contribution in [0.2, 0.25) is 0 Å². The molecule has 0 saturated carbocycles. The SMILES string of the molecule is CN=C(NCCS(=O)(=O)N1CCSCC1)NCc1ccc(F)cc1CSC. The first kappa shape index (κ1) is 22.3. The Labute approximate surface area is 169 Å². The van der Waals surface area contributed by atoms with Crippen LogP contribution in [0.3, 0.4) is 0 Å². The molecule has 0 aliphatic carbocycles. The van der Waals surface area contributed by atoms with E-state index >= 15 is 0 Å². The minimum atomic E-state index is -3.24. The minimum Gasteiger partial charge on any atom is -0.355 e. The Morgan fingerprint density at radius 1 is 1.30 bits per heavy atom. The Bertz CT molecular complexity index is 738. The van der Waals surface area contributed by atoms with Crippen LogP contribution < -0.4 is 10.6 Å². The van der Waals surface area contributed by atoms with E-state index in [1.165, 1.54) is 6.07 Å². The van der Waals surface area contributed by atoms with Crippen molar-refractivity contribution >= 4 is 39.5 Å². The van der Waals surface area contributed by atoms with Gasteiger partial charge in [-0.3, -0.25) is 4.99 Å². The van der Waals surface area contributed by atoms with Gasteiger partial charge in [0, 0.05) is 50.5 Å². The molecule has 2 rings (SSSR count). The molecule has 0 atom stereocenters. The van der Waals surface area contributed by atoms with Crippen molar-refractivity contribution in [1.82, 2.24) is 14.9 Å². The molecule has 0 bridgehead atoms. The summed E-state index contributed by atoms with van der Waals surface area (Å²) in [5.74, 6) is 2.75. The van der Waals surface area contributed by atoms with Gasteiger partial charge in [-0.05, 0) is 29.5 Å². The van der Waals surface area contributed by atoms with Crippen LogP contribution in [0.1, 0.15) is 11.1 Å². The first-order chi connectivity index (χ1) is 13.0. The first-order valence-electron chi connectivity index (χ1n) is 8.72. The molecule has 0 unspecified atom stereocenters. The lowest BCUT2D eigenvalue weighted by Gasteiger charge is -2.25. The highest BCUT2D eigenvalue weighted by Crippen LogP contribution is 2.16. The van der Waals surface area contributed by atoms with Gasteiger partial charge in [-0.1, -0.05) is 6.07 Å². The number of sulfonamides is 1. The van der Waals surface area contributed by atoms with Crippen molar-refractivity contribution in [2.75, 3.05) is 50.2 Å². The third-order valence-corrected chi connectivity index (χ3v) is 7.57. The number of nitrogens with one attached hydrogen (secondary N) is 2. The summed E-state index contributed by atoms with van der Waals surface area (Å²) in [6.45, 7) is 1.95. The maximum atomic E-state index is 13.4. The van der Waals surface area contributed by atoms with Crippen molar-refractivity contribution < 1.29 is 12.8 Å². The maximum absolute atomic E-state index is 13.4. The van der Waals surface area contributed by atoms with Crippen LogP contribution in [0.5, 0.6) is 0 Å². The standard InChI is InChI=1S/C17H27FN4O2S3/c1-19-17(20-5-10-27(23,24)22-6-8-26-9-7-22)21-12-14-3-4-16(18)11-15(14)13-25-2/h3-4,11H,5-10,12-13H2,1-2H3,(H2,19,20,21). The molecule has 27 heavy (non-hydrogen) atoms. The predicted molar refractivity (Wildman–Crippen MR) is 115 cm³/mol. The number of aliphatic imine (C=N–C) groups is 1. The molecular formula is C17H27FN4O2S3. The highest BCUT2D eigenvalue weighted by molar-refractivity contribution is 7.99. The molecule has 6 nitrogen and oxygen atoms in total. The molecule has 1 aliphatic heterocycles. The third-order valence-electron chi connectivity index (χ3n) is 4.15. The Morgan fingerprint density at radius 2 is 2.04 bits per heavy atom. The number of thioether (sulfide) groups is 2. The van der Waals surface area contributed by atoms with Gasteiger partial charge in [-0.15, -0.1) is 0 Å². The first-order valence-corrected chi connectivity index (χ1v) is 12.9. The summed E-state index contributed by atoms with van der Waals surface area (Å²) in [6.07, 6.45) is 1.98. The van der Waals surface area contributed by atoms with E-state index in [4.69, 9.17) is 0 Å². The van der Waals surface area contributed by atoms with E-state index in [1.54, 1.807) is 47.0 Å². The van der Waals surface area contributed by atoms with Crippen LogP contribution in [-0.4, -0.2) is 68.9 Å². The average Bonchev–Trinajstić information content (AvgIpc) is 2.66. The number of hydrogen-bond donors (Lipinski definition) is 2.